The number of hydrogen-bond acceptors (Lipinski definition) is 3. The van der Waals surface area contributed by atoms with E-state index in [1.54, 1.807) is 0 Å². The first-order valence-corrected chi connectivity index (χ1v) is 7.66. The Hall–Kier alpha value is -0.100. The highest BCUT2D eigenvalue weighted by Gasteiger charge is 2.08. The maximum atomic E-state index is 5.55. The van der Waals surface area contributed by atoms with Crippen LogP contribution >= 0.6 is 31.9 Å². The lowest BCUT2D eigenvalue weighted by atomic mass is 10.2. The predicted octanol–water partition coefficient (Wildman–Crippen LogP) is 3.74. The van der Waals surface area contributed by atoms with E-state index in [4.69, 9.17) is 9.47 Å². The van der Waals surface area contributed by atoms with Gasteiger partial charge in [-0.2, -0.15) is 0 Å². The quantitative estimate of drug-likeness (QED) is 0.697. The molecule has 0 aromatic heterocycles. The Bertz CT molecular complexity index is 349. The average molecular weight is 381 g/mol. The first-order chi connectivity index (χ1) is 8.69. The minimum absolute atomic E-state index is 0.656. The lowest BCUT2D eigenvalue weighted by molar-refractivity contribution is 0.149. The van der Waals surface area contributed by atoms with Crippen molar-refractivity contribution in [2.45, 2.75) is 20.4 Å². The molecule has 0 aliphatic rings. The summed E-state index contributed by atoms with van der Waals surface area (Å²) < 4.78 is 12.8. The van der Waals surface area contributed by atoms with E-state index in [1.165, 1.54) is 5.56 Å². The molecular weight excluding hydrogens is 362 g/mol. The summed E-state index contributed by atoms with van der Waals surface area (Å²) in [6, 6.07) is 4.15. The van der Waals surface area contributed by atoms with Crippen LogP contribution in [0.25, 0.3) is 0 Å². The lowest BCUT2D eigenvalue weighted by Gasteiger charge is -2.11. The van der Waals surface area contributed by atoms with Gasteiger partial charge in [-0.05, 0) is 63.4 Å². The maximum Gasteiger partial charge on any atom is 0.147 e. The highest BCUT2D eigenvalue weighted by molar-refractivity contribution is 9.11. The van der Waals surface area contributed by atoms with Crippen LogP contribution in [0.4, 0.5) is 0 Å². The molecule has 0 unspecified atom stereocenters. The van der Waals surface area contributed by atoms with Crippen molar-refractivity contribution in [3.8, 4) is 5.75 Å². The van der Waals surface area contributed by atoms with E-state index in [-0.39, 0.29) is 0 Å². The van der Waals surface area contributed by atoms with Gasteiger partial charge in [-0.1, -0.05) is 0 Å². The van der Waals surface area contributed by atoms with Crippen LogP contribution in [-0.4, -0.2) is 26.4 Å². The molecule has 1 aromatic carbocycles. The Labute approximate surface area is 125 Å². The van der Waals surface area contributed by atoms with Crippen LogP contribution in [0.2, 0.25) is 0 Å². The lowest BCUT2D eigenvalue weighted by Crippen LogP contribution is -2.19. The van der Waals surface area contributed by atoms with Gasteiger partial charge in [0.1, 0.15) is 5.75 Å². The summed E-state index contributed by atoms with van der Waals surface area (Å²) >= 11 is 7.05. The van der Waals surface area contributed by atoms with E-state index < -0.39 is 0 Å². The van der Waals surface area contributed by atoms with Gasteiger partial charge in [-0.3, -0.25) is 0 Å². The Kier molecular flexibility index (Phi) is 7.90. The van der Waals surface area contributed by atoms with E-state index in [0.717, 1.165) is 41.0 Å². The van der Waals surface area contributed by atoms with Gasteiger partial charge in [-0.15, -0.1) is 0 Å². The van der Waals surface area contributed by atoms with E-state index in [2.05, 4.69) is 49.3 Å². The summed E-state index contributed by atoms with van der Waals surface area (Å²) in [7, 11) is 0. The summed E-state index contributed by atoms with van der Waals surface area (Å²) in [5.41, 5.74) is 1.20. The summed E-state index contributed by atoms with van der Waals surface area (Å²) in [4.78, 5) is 0. The fourth-order valence-corrected chi connectivity index (χ4v) is 3.03. The molecule has 102 valence electrons. The van der Waals surface area contributed by atoms with Crippen molar-refractivity contribution in [3.63, 3.8) is 0 Å². The highest BCUT2D eigenvalue weighted by Crippen LogP contribution is 2.34. The topological polar surface area (TPSA) is 30.5 Å². The molecular formula is C13H19Br2NO2. The van der Waals surface area contributed by atoms with Crippen molar-refractivity contribution < 1.29 is 9.47 Å². The van der Waals surface area contributed by atoms with Crippen LogP contribution in [0.3, 0.4) is 0 Å². The van der Waals surface area contributed by atoms with Gasteiger partial charge < -0.3 is 14.8 Å². The van der Waals surface area contributed by atoms with E-state index in [1.807, 2.05) is 13.8 Å². The van der Waals surface area contributed by atoms with Gasteiger partial charge in [0.15, 0.2) is 0 Å². The standard InChI is InChI=1S/C13H19Br2NO2/c1-3-17-6-5-16-9-10-7-11(14)13(18-4-2)12(15)8-10/h7-8,16H,3-6,9H2,1-2H3. The maximum absolute atomic E-state index is 5.55. The molecule has 0 spiro atoms. The van der Waals surface area contributed by atoms with Crippen LogP contribution in [0.1, 0.15) is 19.4 Å². The molecule has 0 saturated heterocycles. The van der Waals surface area contributed by atoms with Crippen molar-refractivity contribution in [1.29, 1.82) is 0 Å². The van der Waals surface area contributed by atoms with Crippen molar-refractivity contribution in [2.24, 2.45) is 0 Å². The van der Waals surface area contributed by atoms with Crippen LogP contribution in [-0.2, 0) is 11.3 Å². The van der Waals surface area contributed by atoms with Gasteiger partial charge in [0.2, 0.25) is 0 Å². The van der Waals surface area contributed by atoms with Crippen molar-refractivity contribution >= 4 is 31.9 Å². The molecule has 0 radical (unpaired) electrons. The molecule has 0 saturated carbocycles. The molecule has 1 N–H and O–H groups in total. The number of nitrogens with one attached hydrogen (secondary N) is 1. The largest absolute Gasteiger partial charge is 0.492 e. The molecule has 0 bridgehead atoms. The average Bonchev–Trinajstić information content (AvgIpc) is 2.33. The normalized spacial score (nSPS) is 10.7. The van der Waals surface area contributed by atoms with Gasteiger partial charge in [0, 0.05) is 19.7 Å². The number of benzene rings is 1. The number of ether oxygens (including phenoxy) is 2. The first-order valence-electron chi connectivity index (χ1n) is 6.08. The molecule has 18 heavy (non-hydrogen) atoms. The van der Waals surface area contributed by atoms with Gasteiger partial charge in [0.05, 0.1) is 22.2 Å². The number of hydrogen-bond donors (Lipinski definition) is 1. The highest BCUT2D eigenvalue weighted by atomic mass is 79.9. The summed E-state index contributed by atoms with van der Waals surface area (Å²) in [5, 5.41) is 3.33. The van der Waals surface area contributed by atoms with Crippen molar-refractivity contribution in [3.05, 3.63) is 26.6 Å². The van der Waals surface area contributed by atoms with Gasteiger partial charge in [0.25, 0.3) is 0 Å². The van der Waals surface area contributed by atoms with Gasteiger partial charge >= 0.3 is 0 Å². The Balaban J connectivity index is 2.52. The Morgan fingerprint density at radius 3 is 2.33 bits per heavy atom. The minimum Gasteiger partial charge on any atom is -0.492 e. The molecule has 1 rings (SSSR count). The molecule has 1 aromatic rings. The van der Waals surface area contributed by atoms with Crippen LogP contribution in [0.5, 0.6) is 5.75 Å². The molecule has 0 atom stereocenters. The third-order valence-electron chi connectivity index (χ3n) is 2.30. The molecule has 0 amide bonds. The predicted molar refractivity (Wildman–Crippen MR) is 81.2 cm³/mol. The third kappa shape index (κ3) is 5.26. The van der Waals surface area contributed by atoms with Crippen LogP contribution < -0.4 is 10.1 Å². The zero-order valence-electron chi connectivity index (χ0n) is 10.8. The fourth-order valence-electron chi connectivity index (χ4n) is 1.52. The molecule has 0 aliphatic heterocycles. The van der Waals surface area contributed by atoms with Crippen LogP contribution in [0, 0.1) is 0 Å². The first kappa shape index (κ1) is 16.0. The number of halogens is 2. The zero-order chi connectivity index (χ0) is 13.4. The molecule has 0 heterocycles. The summed E-state index contributed by atoms with van der Waals surface area (Å²) in [5.74, 6) is 0.857. The molecule has 5 heteroatoms. The third-order valence-corrected chi connectivity index (χ3v) is 3.48. The monoisotopic (exact) mass is 379 g/mol. The van der Waals surface area contributed by atoms with E-state index in [9.17, 15) is 0 Å². The summed E-state index contributed by atoms with van der Waals surface area (Å²) in [6.45, 7) is 7.82. The fraction of sp³-hybridized carbons (Fsp3) is 0.538. The molecule has 3 nitrogen and oxygen atoms in total. The SMILES string of the molecule is CCOCCNCc1cc(Br)c(OCC)c(Br)c1. The summed E-state index contributed by atoms with van der Waals surface area (Å²) in [6.07, 6.45) is 0. The molecule has 0 aliphatic carbocycles. The zero-order valence-corrected chi connectivity index (χ0v) is 13.9. The van der Waals surface area contributed by atoms with Gasteiger partial charge in [-0.25, -0.2) is 0 Å². The Morgan fingerprint density at radius 1 is 1.11 bits per heavy atom. The second-order valence-corrected chi connectivity index (χ2v) is 5.40. The smallest absolute Gasteiger partial charge is 0.147 e. The van der Waals surface area contributed by atoms with Crippen molar-refractivity contribution in [1.82, 2.24) is 5.32 Å². The Morgan fingerprint density at radius 2 is 1.78 bits per heavy atom. The van der Waals surface area contributed by atoms with Crippen molar-refractivity contribution in [2.75, 3.05) is 26.4 Å². The molecule has 0 fully saturated rings. The van der Waals surface area contributed by atoms with E-state index >= 15 is 0 Å². The van der Waals surface area contributed by atoms with E-state index in [0.29, 0.717) is 6.61 Å². The van der Waals surface area contributed by atoms with Crippen LogP contribution in [0.15, 0.2) is 21.1 Å². The second-order valence-electron chi connectivity index (χ2n) is 3.70. The minimum atomic E-state index is 0.656. The number of rotatable bonds is 8. The second kappa shape index (κ2) is 8.91.